The van der Waals surface area contributed by atoms with Gasteiger partial charge in [0.25, 0.3) is 0 Å². The Hall–Kier alpha value is -6.12. The fourth-order valence-electron chi connectivity index (χ4n) is 5.71. The minimum atomic E-state index is -1.07. The monoisotopic (exact) mass is 612 g/mol. The molecule has 2 heteroatoms. The first-order valence-electron chi connectivity index (χ1n) is 27.6. The van der Waals surface area contributed by atoms with E-state index in [1.165, 1.54) is 0 Å². The molecule has 10 rings (SSSR count). The second-order valence-electron chi connectivity index (χ2n) is 10.0. The van der Waals surface area contributed by atoms with Crippen LogP contribution >= 0.6 is 0 Å². The van der Waals surface area contributed by atoms with E-state index in [4.69, 9.17) is 21.9 Å². The number of aromatic nitrogens is 2. The Morgan fingerprint density at radius 3 is 1.57 bits per heavy atom. The third-order valence-corrected chi connectivity index (χ3v) is 7.61. The molecule has 0 bridgehead atoms. The van der Waals surface area contributed by atoms with Crippen LogP contribution in [0.1, 0.15) is 38.4 Å². The third kappa shape index (κ3) is 3.59. The van der Waals surface area contributed by atoms with Gasteiger partial charge in [-0.2, -0.15) is 0 Å². The van der Waals surface area contributed by atoms with Crippen LogP contribution in [0, 0.1) is 0 Å². The van der Waals surface area contributed by atoms with E-state index in [9.17, 15) is 16.4 Å². The number of para-hydroxylation sites is 2. The van der Waals surface area contributed by atoms with Crippen LogP contribution in [0.25, 0.3) is 87.7 Å². The standard InChI is InChI=1S/C44H28N2/c1-2-12-32-28-34(25-20-29(32)10-1)46-40-19-8-6-16-38(40)44-42(46)27-26-41-43(44)37-15-5-7-18-39(37)45(41)33-23-21-31(22-24-33)36-17-9-13-30-11-3-4-14-35(30)36/h1-28H/i1D,2D,3D,4D,5D,6D,7D,8D,9D,10D,11D,12D,13D,14D,15D,16D,17D,18D,19D,20D,21D,22D,23D,24D,25D,26D,27D,28D. The van der Waals surface area contributed by atoms with Crippen molar-refractivity contribution in [2.24, 2.45) is 0 Å². The summed E-state index contributed by atoms with van der Waals surface area (Å²) in [6.07, 6.45) is 0. The molecule has 0 saturated carbocycles. The Bertz CT molecular complexity index is 4360. The first-order chi connectivity index (χ1) is 34.5. The van der Waals surface area contributed by atoms with Crippen molar-refractivity contribution < 1.29 is 38.4 Å². The fraction of sp³-hybridized carbons (Fsp3) is 0. The van der Waals surface area contributed by atoms with Gasteiger partial charge in [0, 0.05) is 32.9 Å². The van der Waals surface area contributed by atoms with Gasteiger partial charge in [-0.25, -0.2) is 0 Å². The predicted octanol–water partition coefficient (Wildman–Crippen LogP) is 11.9. The van der Waals surface area contributed by atoms with Gasteiger partial charge in [-0.1, -0.05) is 121 Å². The van der Waals surface area contributed by atoms with Gasteiger partial charge in [-0.05, 0) is 81.0 Å². The Morgan fingerprint density at radius 2 is 0.870 bits per heavy atom. The van der Waals surface area contributed by atoms with E-state index in [0.717, 1.165) is 9.13 Å². The molecule has 8 aromatic carbocycles. The minimum Gasteiger partial charge on any atom is -0.309 e. The van der Waals surface area contributed by atoms with Gasteiger partial charge in [0.15, 0.2) is 0 Å². The summed E-state index contributed by atoms with van der Waals surface area (Å²) in [5, 5.41) is -4.43. The summed E-state index contributed by atoms with van der Waals surface area (Å²) in [5.41, 5.74) is -5.68. The van der Waals surface area contributed by atoms with E-state index in [2.05, 4.69) is 0 Å². The minimum absolute atomic E-state index is 0.498. The van der Waals surface area contributed by atoms with Gasteiger partial charge in [0.1, 0.15) is 0 Å². The molecule has 2 aromatic heterocycles. The first kappa shape index (κ1) is 10.2. The average molecular weight is 613 g/mol. The fourth-order valence-corrected chi connectivity index (χ4v) is 5.71. The molecular weight excluding hydrogens is 556 g/mol. The molecule has 2 heterocycles. The number of hydrogen-bond donors (Lipinski definition) is 0. The van der Waals surface area contributed by atoms with Crippen LogP contribution in [0.15, 0.2) is 169 Å². The van der Waals surface area contributed by atoms with Crippen molar-refractivity contribution in [2.45, 2.75) is 0 Å². The Morgan fingerprint density at radius 1 is 0.348 bits per heavy atom. The molecule has 10 aromatic rings. The third-order valence-electron chi connectivity index (χ3n) is 7.61. The topological polar surface area (TPSA) is 9.86 Å². The van der Waals surface area contributed by atoms with Crippen LogP contribution in [0.4, 0.5) is 0 Å². The van der Waals surface area contributed by atoms with Gasteiger partial charge < -0.3 is 9.13 Å². The summed E-state index contributed by atoms with van der Waals surface area (Å²) in [6, 6.07) is -25.3. The Balaban J connectivity index is 1.48. The van der Waals surface area contributed by atoms with E-state index in [-0.39, 0.29) is 0 Å². The predicted molar refractivity (Wildman–Crippen MR) is 196 cm³/mol. The lowest BCUT2D eigenvalue weighted by molar-refractivity contribution is 1.17. The van der Waals surface area contributed by atoms with Gasteiger partial charge >= 0.3 is 0 Å². The molecule has 0 unspecified atom stereocenters. The van der Waals surface area contributed by atoms with E-state index < -0.39 is 257 Å². The molecule has 214 valence electrons. The van der Waals surface area contributed by atoms with Crippen molar-refractivity contribution in [3.05, 3.63) is 169 Å². The van der Waals surface area contributed by atoms with Gasteiger partial charge in [-0.3, -0.25) is 0 Å². The van der Waals surface area contributed by atoms with Crippen LogP contribution in [0.3, 0.4) is 0 Å². The summed E-state index contributed by atoms with van der Waals surface area (Å²) in [6.45, 7) is 0. The molecule has 0 aliphatic heterocycles. The van der Waals surface area contributed by atoms with Crippen molar-refractivity contribution >= 4 is 65.2 Å². The van der Waals surface area contributed by atoms with Crippen molar-refractivity contribution in [1.29, 1.82) is 0 Å². The van der Waals surface area contributed by atoms with E-state index in [1.54, 1.807) is 0 Å². The second kappa shape index (κ2) is 9.69. The number of rotatable bonds is 3. The van der Waals surface area contributed by atoms with Gasteiger partial charge in [0.05, 0.1) is 60.4 Å². The maximum absolute atomic E-state index is 9.74. The molecule has 0 amide bonds. The zero-order chi connectivity index (χ0) is 54.6. The zero-order valence-corrected chi connectivity index (χ0v) is 22.9. The first-order valence-corrected chi connectivity index (χ1v) is 13.6. The van der Waals surface area contributed by atoms with E-state index in [0.29, 0.717) is 0 Å². The van der Waals surface area contributed by atoms with Gasteiger partial charge in [0.2, 0.25) is 0 Å². The van der Waals surface area contributed by atoms with Crippen LogP contribution in [-0.4, -0.2) is 9.13 Å². The quantitative estimate of drug-likeness (QED) is 0.188. The lowest BCUT2D eigenvalue weighted by atomic mass is 9.98. The molecule has 0 aliphatic carbocycles. The Kier molecular flexibility index (Phi) is 2.15. The zero-order valence-electron chi connectivity index (χ0n) is 50.9. The SMILES string of the molecule is [2H]c1c([2H])c(-n2c3c([2H])c([2H])c([2H])c([2H])c3c3c4c5c([2H])c([2H])c([2H])c([2H])c5n(-c5c([2H])c([2H])c6c([2H])c([2H])c([2H])c([2H])c6c5[2H])c4c([2H])c([2H])c32)c([2H])c([2H])c1-c1c([2H])c([2H])c([2H])c2c([2H])c([2H])c([2H])c([2H])c12. The lowest BCUT2D eigenvalue weighted by Crippen LogP contribution is -1.95. The van der Waals surface area contributed by atoms with Crippen molar-refractivity contribution in [1.82, 2.24) is 9.13 Å². The van der Waals surface area contributed by atoms with Crippen LogP contribution in [-0.2, 0) is 0 Å². The number of nitrogens with zero attached hydrogens (tertiary/aromatic N) is 2. The molecule has 0 radical (unpaired) electrons. The molecular formula is C44H28N2. The summed E-state index contributed by atoms with van der Waals surface area (Å²) >= 11 is 0. The summed E-state index contributed by atoms with van der Waals surface area (Å²) < 4.78 is 253. The summed E-state index contributed by atoms with van der Waals surface area (Å²) in [5.74, 6) is 0. The van der Waals surface area contributed by atoms with Crippen LogP contribution in [0.2, 0.25) is 0 Å². The highest BCUT2D eigenvalue weighted by atomic mass is 15.0. The molecule has 0 spiro atoms. The number of benzene rings is 8. The number of fused-ring (bicyclic) bond motifs is 9. The maximum Gasteiger partial charge on any atom is 0.0651 e. The molecule has 2 nitrogen and oxygen atoms in total. The highest BCUT2D eigenvalue weighted by Crippen LogP contribution is 2.42. The average Bonchev–Trinajstić information content (AvgIpc) is 3.90. The molecule has 0 fully saturated rings. The summed E-state index contributed by atoms with van der Waals surface area (Å²) in [7, 11) is 0. The highest BCUT2D eigenvalue weighted by molar-refractivity contribution is 6.29. The van der Waals surface area contributed by atoms with Crippen molar-refractivity contribution in [3.63, 3.8) is 0 Å². The second-order valence-corrected chi connectivity index (χ2v) is 10.0. The Labute approximate surface area is 305 Å². The molecule has 0 atom stereocenters. The van der Waals surface area contributed by atoms with Crippen molar-refractivity contribution in [3.8, 4) is 22.5 Å². The maximum atomic E-state index is 9.74. The van der Waals surface area contributed by atoms with Crippen LogP contribution < -0.4 is 0 Å². The van der Waals surface area contributed by atoms with E-state index >= 15 is 0 Å². The largest absolute Gasteiger partial charge is 0.309 e. The summed E-state index contributed by atoms with van der Waals surface area (Å²) in [4.78, 5) is 0. The molecule has 0 N–H and O–H groups in total. The lowest BCUT2D eigenvalue weighted by Gasteiger charge is -2.11. The van der Waals surface area contributed by atoms with Gasteiger partial charge in [-0.15, -0.1) is 0 Å². The highest BCUT2D eigenvalue weighted by Gasteiger charge is 2.20. The smallest absolute Gasteiger partial charge is 0.0651 e. The van der Waals surface area contributed by atoms with E-state index in [1.807, 2.05) is 0 Å². The van der Waals surface area contributed by atoms with Crippen LogP contribution in [0.5, 0.6) is 0 Å². The number of hydrogen-bond acceptors (Lipinski definition) is 0. The normalized spacial score (nSPS) is 20.4. The van der Waals surface area contributed by atoms with Crippen molar-refractivity contribution in [2.75, 3.05) is 0 Å². The molecule has 46 heavy (non-hydrogen) atoms. The molecule has 0 aliphatic rings. The molecule has 0 saturated heterocycles.